The predicted octanol–water partition coefficient (Wildman–Crippen LogP) is 4.64. The van der Waals surface area contributed by atoms with Crippen molar-refractivity contribution in [2.24, 2.45) is 0 Å². The fourth-order valence-electron chi connectivity index (χ4n) is 2.30. The quantitative estimate of drug-likeness (QED) is 0.835. The number of nitrogens with one attached hydrogen (secondary N) is 1. The van der Waals surface area contributed by atoms with Crippen molar-refractivity contribution in [3.8, 4) is 0 Å². The Kier molecular flexibility index (Phi) is 6.05. The summed E-state index contributed by atoms with van der Waals surface area (Å²) in [6, 6.07) is 8.06. The van der Waals surface area contributed by atoms with Gasteiger partial charge < -0.3 is 10.2 Å². The van der Waals surface area contributed by atoms with Crippen LogP contribution in [-0.4, -0.2) is 24.0 Å². The number of carbonyl (C=O) groups excluding carboxylic acids is 1. The first-order valence-corrected chi connectivity index (χ1v) is 7.55. The minimum Gasteiger partial charge on any atom is -0.325 e. The maximum absolute atomic E-state index is 12.4. The molecule has 1 aromatic carbocycles. The molecule has 0 atom stereocenters. The fourth-order valence-corrected chi connectivity index (χ4v) is 2.30. The van der Waals surface area contributed by atoms with Gasteiger partial charge in [0.25, 0.3) is 0 Å². The molecule has 0 aliphatic rings. The van der Waals surface area contributed by atoms with E-state index in [2.05, 4.69) is 46.0 Å². The molecule has 0 unspecified atom stereocenters. The minimum absolute atomic E-state index is 0.00500. The molecule has 0 radical (unpaired) electrons. The van der Waals surface area contributed by atoms with Crippen molar-refractivity contribution in [2.45, 2.75) is 52.9 Å². The molecule has 3 nitrogen and oxygen atoms in total. The van der Waals surface area contributed by atoms with Crippen LogP contribution in [-0.2, 0) is 5.41 Å². The molecule has 1 aromatic rings. The number of urea groups is 1. The van der Waals surface area contributed by atoms with Crippen LogP contribution in [0, 0.1) is 0 Å². The number of rotatable bonds is 5. The summed E-state index contributed by atoms with van der Waals surface area (Å²) in [6.45, 7) is 12.3. The molecule has 112 valence electrons. The topological polar surface area (TPSA) is 32.3 Å². The molecule has 20 heavy (non-hydrogen) atoms. The van der Waals surface area contributed by atoms with E-state index in [0.717, 1.165) is 31.6 Å². The van der Waals surface area contributed by atoms with E-state index >= 15 is 0 Å². The molecule has 0 aliphatic heterocycles. The Morgan fingerprint density at radius 2 is 1.65 bits per heavy atom. The number of nitrogens with zero attached hydrogens (tertiary/aromatic N) is 1. The van der Waals surface area contributed by atoms with Crippen LogP contribution >= 0.6 is 0 Å². The summed E-state index contributed by atoms with van der Waals surface area (Å²) >= 11 is 0. The van der Waals surface area contributed by atoms with Gasteiger partial charge in [-0.15, -0.1) is 0 Å². The summed E-state index contributed by atoms with van der Waals surface area (Å²) < 4.78 is 0. The third-order valence-corrected chi connectivity index (χ3v) is 3.25. The lowest BCUT2D eigenvalue weighted by atomic mass is 9.86. The van der Waals surface area contributed by atoms with Gasteiger partial charge >= 0.3 is 6.03 Å². The van der Waals surface area contributed by atoms with Gasteiger partial charge in [0, 0.05) is 18.8 Å². The van der Waals surface area contributed by atoms with E-state index in [0.29, 0.717) is 0 Å². The van der Waals surface area contributed by atoms with E-state index in [9.17, 15) is 4.79 Å². The maximum atomic E-state index is 12.4. The lowest BCUT2D eigenvalue weighted by Crippen LogP contribution is -2.36. The van der Waals surface area contributed by atoms with E-state index in [1.807, 2.05) is 23.1 Å². The van der Waals surface area contributed by atoms with Gasteiger partial charge in [-0.05, 0) is 29.9 Å². The van der Waals surface area contributed by atoms with Gasteiger partial charge in [0.1, 0.15) is 0 Å². The molecule has 0 saturated carbocycles. The zero-order valence-electron chi connectivity index (χ0n) is 13.5. The van der Waals surface area contributed by atoms with Gasteiger partial charge in [0.2, 0.25) is 0 Å². The van der Waals surface area contributed by atoms with Crippen LogP contribution in [0.4, 0.5) is 10.5 Å². The van der Waals surface area contributed by atoms with Crippen molar-refractivity contribution >= 4 is 11.7 Å². The van der Waals surface area contributed by atoms with Crippen LogP contribution in [0.25, 0.3) is 0 Å². The molecule has 3 heteroatoms. The Morgan fingerprint density at radius 1 is 1.10 bits per heavy atom. The number of anilines is 1. The molecule has 0 aromatic heterocycles. The monoisotopic (exact) mass is 276 g/mol. The zero-order valence-corrected chi connectivity index (χ0v) is 13.5. The van der Waals surface area contributed by atoms with Crippen molar-refractivity contribution in [1.29, 1.82) is 0 Å². The number of hydrogen-bond acceptors (Lipinski definition) is 1. The smallest absolute Gasteiger partial charge is 0.321 e. The highest BCUT2D eigenvalue weighted by Crippen LogP contribution is 2.29. The Balaban J connectivity index is 2.89. The van der Waals surface area contributed by atoms with E-state index in [1.165, 1.54) is 5.56 Å². The van der Waals surface area contributed by atoms with Crippen LogP contribution in [0.1, 0.15) is 53.0 Å². The molecule has 0 aliphatic carbocycles. The molecule has 0 bridgehead atoms. The van der Waals surface area contributed by atoms with E-state index in [4.69, 9.17) is 0 Å². The van der Waals surface area contributed by atoms with E-state index in [-0.39, 0.29) is 11.4 Å². The second-order valence-electron chi connectivity index (χ2n) is 6.21. The first kappa shape index (κ1) is 16.5. The van der Waals surface area contributed by atoms with Crippen molar-refractivity contribution < 1.29 is 4.79 Å². The average Bonchev–Trinajstić information content (AvgIpc) is 2.38. The standard InChI is InChI=1S/C17H28N2O/c1-6-12-19(13-7-2)16(20)18-15-11-9-8-10-14(15)17(3,4)5/h8-11H,6-7,12-13H2,1-5H3,(H,18,20). The minimum atomic E-state index is 0.00500. The first-order valence-electron chi connectivity index (χ1n) is 7.55. The normalized spacial score (nSPS) is 11.2. The highest BCUT2D eigenvalue weighted by Gasteiger charge is 2.20. The van der Waals surface area contributed by atoms with Gasteiger partial charge in [0.05, 0.1) is 0 Å². The van der Waals surface area contributed by atoms with Crippen molar-refractivity contribution in [3.05, 3.63) is 29.8 Å². The van der Waals surface area contributed by atoms with Gasteiger partial charge in [-0.25, -0.2) is 4.79 Å². The Hall–Kier alpha value is -1.51. The van der Waals surface area contributed by atoms with Crippen LogP contribution in [0.5, 0.6) is 0 Å². The van der Waals surface area contributed by atoms with Crippen LogP contribution in [0.3, 0.4) is 0 Å². The molecular formula is C17H28N2O. The molecule has 0 spiro atoms. The van der Waals surface area contributed by atoms with Crippen molar-refractivity contribution in [1.82, 2.24) is 4.90 Å². The Morgan fingerprint density at radius 3 is 2.15 bits per heavy atom. The molecule has 1 N–H and O–H groups in total. The molecule has 1 rings (SSSR count). The highest BCUT2D eigenvalue weighted by molar-refractivity contribution is 5.90. The fraction of sp³-hybridized carbons (Fsp3) is 0.588. The number of benzene rings is 1. The lowest BCUT2D eigenvalue weighted by molar-refractivity contribution is 0.211. The second-order valence-corrected chi connectivity index (χ2v) is 6.21. The molecule has 0 saturated heterocycles. The van der Waals surface area contributed by atoms with Crippen molar-refractivity contribution in [3.63, 3.8) is 0 Å². The molecule has 2 amide bonds. The Bertz CT molecular complexity index is 429. The summed E-state index contributed by atoms with van der Waals surface area (Å²) in [5, 5.41) is 3.07. The summed E-state index contributed by atoms with van der Waals surface area (Å²) in [5.74, 6) is 0. The lowest BCUT2D eigenvalue weighted by Gasteiger charge is -2.26. The van der Waals surface area contributed by atoms with E-state index < -0.39 is 0 Å². The number of hydrogen-bond donors (Lipinski definition) is 1. The largest absolute Gasteiger partial charge is 0.325 e. The van der Waals surface area contributed by atoms with Gasteiger partial charge in [-0.3, -0.25) is 0 Å². The van der Waals surface area contributed by atoms with E-state index in [1.54, 1.807) is 0 Å². The second kappa shape index (κ2) is 7.32. The van der Waals surface area contributed by atoms with Gasteiger partial charge in [0.15, 0.2) is 0 Å². The third kappa shape index (κ3) is 4.55. The first-order chi connectivity index (χ1) is 9.40. The summed E-state index contributed by atoms with van der Waals surface area (Å²) in [4.78, 5) is 14.3. The predicted molar refractivity (Wildman–Crippen MR) is 86.3 cm³/mol. The average molecular weight is 276 g/mol. The maximum Gasteiger partial charge on any atom is 0.321 e. The van der Waals surface area contributed by atoms with Crippen LogP contribution in [0.2, 0.25) is 0 Å². The molecule has 0 fully saturated rings. The summed E-state index contributed by atoms with van der Waals surface area (Å²) in [7, 11) is 0. The highest BCUT2D eigenvalue weighted by atomic mass is 16.2. The number of para-hydroxylation sites is 1. The summed E-state index contributed by atoms with van der Waals surface area (Å²) in [5.41, 5.74) is 2.10. The molecule has 0 heterocycles. The van der Waals surface area contributed by atoms with Crippen molar-refractivity contribution in [2.75, 3.05) is 18.4 Å². The van der Waals surface area contributed by atoms with Gasteiger partial charge in [-0.2, -0.15) is 0 Å². The number of carbonyl (C=O) groups is 1. The molecular weight excluding hydrogens is 248 g/mol. The summed E-state index contributed by atoms with van der Waals surface area (Å²) in [6.07, 6.45) is 1.96. The Labute approximate surface area is 123 Å². The number of amides is 2. The van der Waals surface area contributed by atoms with Gasteiger partial charge in [-0.1, -0.05) is 52.8 Å². The van der Waals surface area contributed by atoms with Crippen LogP contribution in [0.15, 0.2) is 24.3 Å². The third-order valence-electron chi connectivity index (χ3n) is 3.25. The SMILES string of the molecule is CCCN(CCC)C(=O)Nc1ccccc1C(C)(C)C. The zero-order chi connectivity index (χ0) is 15.2. The van der Waals surface area contributed by atoms with Crippen LogP contribution < -0.4 is 5.32 Å².